The van der Waals surface area contributed by atoms with E-state index in [1.54, 1.807) is 12.1 Å². The molecule has 4 N–H and O–H groups in total. The molecule has 0 fully saturated rings. The zero-order chi connectivity index (χ0) is 15.7. The van der Waals surface area contributed by atoms with Crippen molar-refractivity contribution in [2.45, 2.75) is 6.92 Å². The Balaban J connectivity index is 2.27. The molecule has 0 radical (unpaired) electrons. The predicted molar refractivity (Wildman–Crippen MR) is 81.4 cm³/mol. The van der Waals surface area contributed by atoms with Crippen molar-refractivity contribution in [2.75, 3.05) is 11.2 Å². The largest absolute Gasteiger partial charge is 0.396 e. The average molecular weight is 293 g/mol. The van der Waals surface area contributed by atoms with E-state index >= 15 is 0 Å². The number of nitrogens with one attached hydrogen (secondary N) is 2. The highest BCUT2D eigenvalue weighted by Crippen LogP contribution is 2.27. The van der Waals surface area contributed by atoms with Crippen molar-refractivity contribution in [3.63, 3.8) is 0 Å². The molecule has 0 aliphatic heterocycles. The number of nitrogen functional groups attached to an aromatic ring is 1. The first-order valence-electron chi connectivity index (χ1n) is 6.39. The highest BCUT2D eigenvalue weighted by Gasteiger charge is 2.15. The summed E-state index contributed by atoms with van der Waals surface area (Å²) in [5.74, 6) is -0.193. The van der Waals surface area contributed by atoms with Crippen LogP contribution in [-0.2, 0) is 4.79 Å². The second-order valence-corrected chi connectivity index (χ2v) is 4.55. The van der Waals surface area contributed by atoms with E-state index in [0.717, 1.165) is 0 Å². The lowest BCUT2D eigenvalue weighted by molar-refractivity contribution is -0.118. The topological polar surface area (TPSA) is 130 Å². The summed E-state index contributed by atoms with van der Waals surface area (Å²) in [6.07, 6.45) is 0. The van der Waals surface area contributed by atoms with Gasteiger partial charge >= 0.3 is 0 Å². The lowest BCUT2D eigenvalue weighted by atomic mass is 10.2. The molecule has 108 valence electrons. The van der Waals surface area contributed by atoms with Gasteiger partial charge in [-0.05, 0) is 12.1 Å². The van der Waals surface area contributed by atoms with Gasteiger partial charge < -0.3 is 5.73 Å². The van der Waals surface area contributed by atoms with Gasteiger partial charge in [-0.25, -0.2) is 15.0 Å². The molecule has 8 heteroatoms. The number of nitriles is 1. The van der Waals surface area contributed by atoms with E-state index < -0.39 is 0 Å². The summed E-state index contributed by atoms with van der Waals surface area (Å²) in [6, 6.07) is 9.24. The standard InChI is InChI=1S/C14H11N7O/c1-7(22)20-21-13-8(6-15)11(16)12-14(19-13)18-10-5-3-2-4-9(10)17-12/h2-5H,1H3,(H,20,22)(H3,16,18,19,21). The van der Waals surface area contributed by atoms with Crippen LogP contribution in [-0.4, -0.2) is 20.9 Å². The van der Waals surface area contributed by atoms with Crippen molar-refractivity contribution >= 4 is 39.6 Å². The summed E-state index contributed by atoms with van der Waals surface area (Å²) in [7, 11) is 0. The van der Waals surface area contributed by atoms with Gasteiger partial charge in [0.1, 0.15) is 17.1 Å². The van der Waals surface area contributed by atoms with Gasteiger partial charge in [-0.1, -0.05) is 12.1 Å². The second kappa shape index (κ2) is 5.14. The maximum atomic E-state index is 11.0. The van der Waals surface area contributed by atoms with E-state index in [-0.39, 0.29) is 23.0 Å². The molecule has 0 unspecified atom stereocenters. The molecule has 2 heterocycles. The van der Waals surface area contributed by atoms with Gasteiger partial charge in [0, 0.05) is 6.92 Å². The number of para-hydroxylation sites is 2. The lowest BCUT2D eigenvalue weighted by Crippen LogP contribution is -2.28. The van der Waals surface area contributed by atoms with Crippen LogP contribution in [0.1, 0.15) is 12.5 Å². The predicted octanol–water partition coefficient (Wildman–Crippen LogP) is 1.09. The van der Waals surface area contributed by atoms with Crippen molar-refractivity contribution in [3.8, 4) is 6.07 Å². The number of carbonyl (C=O) groups is 1. The van der Waals surface area contributed by atoms with Crippen LogP contribution in [0, 0.1) is 11.3 Å². The summed E-state index contributed by atoms with van der Waals surface area (Å²) in [4.78, 5) is 24.0. The molecule has 0 aliphatic carbocycles. The number of rotatable bonds is 2. The van der Waals surface area contributed by atoms with Crippen molar-refractivity contribution in [1.82, 2.24) is 20.4 Å². The number of anilines is 2. The zero-order valence-electron chi connectivity index (χ0n) is 11.6. The van der Waals surface area contributed by atoms with Crippen LogP contribution >= 0.6 is 0 Å². The maximum Gasteiger partial charge on any atom is 0.235 e. The molecule has 1 aromatic carbocycles. The van der Waals surface area contributed by atoms with Gasteiger partial charge in [0.05, 0.1) is 16.7 Å². The summed E-state index contributed by atoms with van der Waals surface area (Å²) in [5, 5.41) is 9.27. The smallest absolute Gasteiger partial charge is 0.235 e. The Hall–Kier alpha value is -3.47. The Morgan fingerprint density at radius 3 is 2.55 bits per heavy atom. The van der Waals surface area contributed by atoms with E-state index in [1.165, 1.54) is 6.92 Å². The molecule has 0 aliphatic rings. The number of pyridine rings is 1. The molecule has 0 spiro atoms. The molecular weight excluding hydrogens is 282 g/mol. The van der Waals surface area contributed by atoms with Crippen molar-refractivity contribution in [1.29, 1.82) is 5.26 Å². The first kappa shape index (κ1) is 13.5. The summed E-state index contributed by atoms with van der Waals surface area (Å²) in [6.45, 7) is 1.33. The number of nitrogens with zero attached hydrogens (tertiary/aromatic N) is 4. The van der Waals surface area contributed by atoms with Crippen LogP contribution < -0.4 is 16.6 Å². The molecule has 22 heavy (non-hydrogen) atoms. The lowest BCUT2D eigenvalue weighted by Gasteiger charge is -2.11. The van der Waals surface area contributed by atoms with Gasteiger partial charge in [0.2, 0.25) is 5.91 Å². The number of hydrazine groups is 1. The second-order valence-electron chi connectivity index (χ2n) is 4.55. The molecule has 3 aromatic rings. The van der Waals surface area contributed by atoms with E-state index in [2.05, 4.69) is 25.8 Å². The van der Waals surface area contributed by atoms with Crippen LogP contribution in [0.25, 0.3) is 22.2 Å². The fraction of sp³-hybridized carbons (Fsp3) is 0.0714. The summed E-state index contributed by atoms with van der Waals surface area (Å²) < 4.78 is 0. The number of hydrogen-bond acceptors (Lipinski definition) is 7. The van der Waals surface area contributed by atoms with Crippen LogP contribution in [0.4, 0.5) is 11.5 Å². The number of amides is 1. The SMILES string of the molecule is CC(=O)NNc1nc2nc3ccccc3nc2c(N)c1C#N. The summed E-state index contributed by atoms with van der Waals surface area (Å²) >= 11 is 0. The fourth-order valence-electron chi connectivity index (χ4n) is 2.01. The van der Waals surface area contributed by atoms with Crippen LogP contribution in [0.15, 0.2) is 24.3 Å². The first-order chi connectivity index (χ1) is 10.6. The van der Waals surface area contributed by atoms with E-state index in [9.17, 15) is 10.1 Å². The Labute approximate surface area is 125 Å². The molecule has 0 saturated carbocycles. The Bertz CT molecular complexity index is 945. The highest BCUT2D eigenvalue weighted by atomic mass is 16.2. The molecule has 1 amide bonds. The van der Waals surface area contributed by atoms with Gasteiger partial charge in [0.15, 0.2) is 11.5 Å². The van der Waals surface area contributed by atoms with E-state index in [4.69, 9.17) is 5.73 Å². The third-order valence-electron chi connectivity index (χ3n) is 3.00. The quantitative estimate of drug-likeness (QED) is 0.476. The van der Waals surface area contributed by atoms with Crippen molar-refractivity contribution < 1.29 is 4.79 Å². The number of carbonyl (C=O) groups excluding carboxylic acids is 1. The number of nitrogens with two attached hydrogens (primary N) is 1. The monoisotopic (exact) mass is 293 g/mol. The fourth-order valence-corrected chi connectivity index (χ4v) is 2.01. The third-order valence-corrected chi connectivity index (χ3v) is 3.00. The van der Waals surface area contributed by atoms with Crippen LogP contribution in [0.5, 0.6) is 0 Å². The number of hydrogen-bond donors (Lipinski definition) is 3. The van der Waals surface area contributed by atoms with Gasteiger partial charge in [0.25, 0.3) is 0 Å². The minimum absolute atomic E-state index is 0.103. The summed E-state index contributed by atoms with van der Waals surface area (Å²) in [5.41, 5.74) is 13.2. The van der Waals surface area contributed by atoms with Gasteiger partial charge in [-0.3, -0.25) is 15.6 Å². The van der Waals surface area contributed by atoms with Gasteiger partial charge in [-0.15, -0.1) is 0 Å². The molecular formula is C14H11N7O. The highest BCUT2D eigenvalue weighted by molar-refractivity contribution is 5.95. The average Bonchev–Trinajstić information content (AvgIpc) is 2.51. The Morgan fingerprint density at radius 2 is 1.91 bits per heavy atom. The molecule has 0 saturated heterocycles. The Kier molecular flexibility index (Phi) is 3.16. The van der Waals surface area contributed by atoms with E-state index in [1.807, 2.05) is 18.2 Å². The molecule has 3 rings (SSSR count). The molecule has 8 nitrogen and oxygen atoms in total. The molecule has 0 atom stereocenters. The van der Waals surface area contributed by atoms with E-state index in [0.29, 0.717) is 22.2 Å². The maximum absolute atomic E-state index is 11.0. The minimum atomic E-state index is -0.325. The van der Waals surface area contributed by atoms with Crippen molar-refractivity contribution in [3.05, 3.63) is 29.8 Å². The zero-order valence-corrected chi connectivity index (χ0v) is 11.6. The molecule has 2 aromatic heterocycles. The number of fused-ring (bicyclic) bond motifs is 2. The number of benzene rings is 1. The van der Waals surface area contributed by atoms with Crippen molar-refractivity contribution in [2.24, 2.45) is 0 Å². The first-order valence-corrected chi connectivity index (χ1v) is 6.39. The third kappa shape index (κ3) is 2.20. The number of aromatic nitrogens is 3. The Morgan fingerprint density at radius 1 is 1.23 bits per heavy atom. The molecule has 0 bridgehead atoms. The normalized spacial score (nSPS) is 10.4. The minimum Gasteiger partial charge on any atom is -0.396 e. The van der Waals surface area contributed by atoms with Crippen LogP contribution in [0.2, 0.25) is 0 Å². The van der Waals surface area contributed by atoms with Gasteiger partial charge in [-0.2, -0.15) is 5.26 Å². The van der Waals surface area contributed by atoms with Crippen LogP contribution in [0.3, 0.4) is 0 Å².